The lowest BCUT2D eigenvalue weighted by Gasteiger charge is -2.11. The second-order valence-electron chi connectivity index (χ2n) is 5.35. The monoisotopic (exact) mass is 299 g/mol. The number of esters is 2. The minimum atomic E-state index is -0.777. The van der Waals surface area contributed by atoms with Gasteiger partial charge >= 0.3 is 11.9 Å². The van der Waals surface area contributed by atoms with Crippen molar-refractivity contribution in [3.05, 3.63) is 53.3 Å². The van der Waals surface area contributed by atoms with Gasteiger partial charge < -0.3 is 14.0 Å². The molecule has 114 valence electrons. The molecule has 0 radical (unpaired) electrons. The highest BCUT2D eigenvalue weighted by molar-refractivity contribution is 5.91. The summed E-state index contributed by atoms with van der Waals surface area (Å²) >= 11 is 0. The molecule has 1 fully saturated rings. The van der Waals surface area contributed by atoms with E-state index in [1.54, 1.807) is 12.1 Å². The van der Waals surface area contributed by atoms with Gasteiger partial charge in [-0.25, -0.2) is 9.59 Å². The van der Waals surface area contributed by atoms with Crippen LogP contribution in [-0.4, -0.2) is 29.2 Å². The summed E-state index contributed by atoms with van der Waals surface area (Å²) in [5.74, 6) is -0.972. The van der Waals surface area contributed by atoms with Crippen molar-refractivity contribution in [3.63, 3.8) is 0 Å². The molecule has 0 amide bonds. The van der Waals surface area contributed by atoms with Crippen LogP contribution in [0.2, 0.25) is 0 Å². The van der Waals surface area contributed by atoms with E-state index in [9.17, 15) is 9.59 Å². The third-order valence-corrected chi connectivity index (χ3v) is 3.77. The number of hydrogen-bond donors (Lipinski definition) is 0. The highest BCUT2D eigenvalue weighted by Gasteiger charge is 2.30. The molecule has 22 heavy (non-hydrogen) atoms. The average molecular weight is 299 g/mol. The number of ether oxygens (including phenoxy) is 2. The lowest BCUT2D eigenvalue weighted by Crippen LogP contribution is -2.22. The van der Waals surface area contributed by atoms with Crippen molar-refractivity contribution >= 4 is 11.9 Å². The molecular weight excluding hydrogens is 282 g/mol. The quantitative estimate of drug-likeness (QED) is 0.817. The number of rotatable bonds is 3. The van der Waals surface area contributed by atoms with Gasteiger partial charge in [-0.05, 0) is 50.2 Å². The maximum absolute atomic E-state index is 12.0. The van der Waals surface area contributed by atoms with E-state index in [0.717, 1.165) is 17.1 Å². The van der Waals surface area contributed by atoms with Gasteiger partial charge in [-0.3, -0.25) is 0 Å². The van der Waals surface area contributed by atoms with Gasteiger partial charge in [-0.1, -0.05) is 0 Å². The van der Waals surface area contributed by atoms with E-state index in [1.165, 1.54) is 0 Å². The highest BCUT2D eigenvalue weighted by atomic mass is 16.6. The number of cyclic esters (lactones) is 1. The molecule has 2 heterocycles. The predicted octanol–water partition coefficient (Wildman–Crippen LogP) is 2.57. The lowest BCUT2D eigenvalue weighted by molar-refractivity contribution is -0.145. The van der Waals surface area contributed by atoms with Crippen molar-refractivity contribution in [1.29, 1.82) is 0 Å². The first kappa shape index (κ1) is 14.4. The molecule has 0 aliphatic carbocycles. The third kappa shape index (κ3) is 2.62. The molecule has 1 aliphatic heterocycles. The third-order valence-electron chi connectivity index (χ3n) is 3.77. The first-order valence-electron chi connectivity index (χ1n) is 7.19. The summed E-state index contributed by atoms with van der Waals surface area (Å²) in [4.78, 5) is 23.4. The molecule has 0 N–H and O–H groups in total. The smallest absolute Gasteiger partial charge is 0.347 e. The van der Waals surface area contributed by atoms with Crippen LogP contribution in [0, 0.1) is 13.8 Å². The first-order valence-corrected chi connectivity index (χ1v) is 7.19. The van der Waals surface area contributed by atoms with Crippen LogP contribution >= 0.6 is 0 Å². The maximum atomic E-state index is 12.0. The van der Waals surface area contributed by atoms with Gasteiger partial charge in [0.2, 0.25) is 6.10 Å². The van der Waals surface area contributed by atoms with E-state index in [1.807, 2.05) is 38.1 Å². The largest absolute Gasteiger partial charge is 0.463 e. The van der Waals surface area contributed by atoms with Crippen LogP contribution in [0.1, 0.15) is 28.2 Å². The molecule has 0 spiro atoms. The number of hydrogen-bond acceptors (Lipinski definition) is 4. The van der Waals surface area contributed by atoms with Crippen LogP contribution in [0.15, 0.2) is 36.4 Å². The van der Waals surface area contributed by atoms with E-state index in [0.29, 0.717) is 18.6 Å². The Hall–Kier alpha value is -2.56. The van der Waals surface area contributed by atoms with E-state index >= 15 is 0 Å². The van der Waals surface area contributed by atoms with Crippen molar-refractivity contribution < 1.29 is 19.1 Å². The Labute approximate surface area is 128 Å². The molecule has 1 unspecified atom stereocenters. The van der Waals surface area contributed by atoms with Gasteiger partial charge in [-0.15, -0.1) is 0 Å². The van der Waals surface area contributed by atoms with Gasteiger partial charge in [0.1, 0.15) is 0 Å². The van der Waals surface area contributed by atoms with Crippen molar-refractivity contribution in [1.82, 2.24) is 4.57 Å². The van der Waals surface area contributed by atoms with Crippen LogP contribution < -0.4 is 0 Å². The predicted molar refractivity (Wildman–Crippen MR) is 80.0 cm³/mol. The molecule has 0 bridgehead atoms. The van der Waals surface area contributed by atoms with Gasteiger partial charge in [0.05, 0.1) is 12.2 Å². The standard InChI is InChI=1S/C17H17NO4/c1-11-3-4-12(2)18(11)14-7-5-13(6-8-14)16(19)22-15-9-10-21-17(15)20/h3-8,15H,9-10H2,1-2H3. The SMILES string of the molecule is Cc1ccc(C)n1-c1ccc(C(=O)OC2CCOC2=O)cc1. The molecule has 1 aromatic carbocycles. The highest BCUT2D eigenvalue weighted by Crippen LogP contribution is 2.18. The Balaban J connectivity index is 1.76. The number of carbonyl (C=O) groups is 2. The molecule has 5 heteroatoms. The fourth-order valence-electron chi connectivity index (χ4n) is 2.60. The van der Waals surface area contributed by atoms with Crippen molar-refractivity contribution in [2.75, 3.05) is 6.61 Å². The maximum Gasteiger partial charge on any atom is 0.347 e. The van der Waals surface area contributed by atoms with E-state index in [4.69, 9.17) is 9.47 Å². The molecule has 3 rings (SSSR count). The second-order valence-corrected chi connectivity index (χ2v) is 5.35. The summed E-state index contributed by atoms with van der Waals surface area (Å²) in [6.07, 6.45) is -0.356. The first-order chi connectivity index (χ1) is 10.6. The Morgan fingerprint density at radius 2 is 1.77 bits per heavy atom. The van der Waals surface area contributed by atoms with E-state index < -0.39 is 18.0 Å². The zero-order valence-corrected chi connectivity index (χ0v) is 12.5. The van der Waals surface area contributed by atoms with E-state index in [2.05, 4.69) is 4.57 Å². The molecule has 1 aromatic heterocycles. The fraction of sp³-hybridized carbons (Fsp3) is 0.294. The lowest BCUT2D eigenvalue weighted by atomic mass is 10.2. The fourth-order valence-corrected chi connectivity index (χ4v) is 2.60. The zero-order valence-electron chi connectivity index (χ0n) is 12.5. The molecular formula is C17H17NO4. The van der Waals surface area contributed by atoms with Crippen LogP contribution in [0.3, 0.4) is 0 Å². The summed E-state index contributed by atoms with van der Waals surface area (Å²) in [5, 5.41) is 0. The topological polar surface area (TPSA) is 57.5 Å². The van der Waals surface area contributed by atoms with Gasteiger partial charge in [-0.2, -0.15) is 0 Å². The van der Waals surface area contributed by atoms with Crippen molar-refractivity contribution in [2.45, 2.75) is 26.4 Å². The van der Waals surface area contributed by atoms with Crippen LogP contribution in [0.5, 0.6) is 0 Å². The van der Waals surface area contributed by atoms with Gasteiger partial charge in [0.25, 0.3) is 0 Å². The van der Waals surface area contributed by atoms with Gasteiger partial charge in [0.15, 0.2) is 0 Å². The molecule has 1 saturated heterocycles. The van der Waals surface area contributed by atoms with Crippen molar-refractivity contribution in [3.8, 4) is 5.69 Å². The van der Waals surface area contributed by atoms with Gasteiger partial charge in [0, 0.05) is 23.5 Å². The number of benzene rings is 1. The number of aromatic nitrogens is 1. The van der Waals surface area contributed by atoms with Crippen LogP contribution in [-0.2, 0) is 14.3 Å². The average Bonchev–Trinajstić information content (AvgIpc) is 3.05. The number of nitrogens with zero attached hydrogens (tertiary/aromatic N) is 1. The number of carbonyl (C=O) groups excluding carboxylic acids is 2. The molecule has 0 saturated carbocycles. The summed E-state index contributed by atoms with van der Waals surface area (Å²) in [6, 6.07) is 11.2. The Morgan fingerprint density at radius 3 is 2.32 bits per heavy atom. The summed E-state index contributed by atoms with van der Waals surface area (Å²) in [5.41, 5.74) is 3.66. The molecule has 1 aliphatic rings. The Bertz CT molecular complexity index is 695. The molecule has 1 atom stereocenters. The van der Waals surface area contributed by atoms with Crippen LogP contribution in [0.4, 0.5) is 0 Å². The van der Waals surface area contributed by atoms with Crippen molar-refractivity contribution in [2.24, 2.45) is 0 Å². The van der Waals surface area contributed by atoms with Crippen LogP contribution in [0.25, 0.3) is 5.69 Å². The Kier molecular flexibility index (Phi) is 3.71. The molecule has 2 aromatic rings. The minimum Gasteiger partial charge on any atom is -0.463 e. The second kappa shape index (κ2) is 5.67. The summed E-state index contributed by atoms with van der Waals surface area (Å²) < 4.78 is 12.0. The Morgan fingerprint density at radius 1 is 1.14 bits per heavy atom. The normalized spacial score (nSPS) is 17.4. The molecule has 5 nitrogen and oxygen atoms in total. The summed E-state index contributed by atoms with van der Waals surface area (Å²) in [7, 11) is 0. The van der Waals surface area contributed by atoms with E-state index in [-0.39, 0.29) is 0 Å². The summed E-state index contributed by atoms with van der Waals surface area (Å²) in [6.45, 7) is 4.36. The minimum absolute atomic E-state index is 0.307. The number of aryl methyl sites for hydroxylation is 2. The zero-order chi connectivity index (χ0) is 15.7.